The first kappa shape index (κ1) is 13.2. The molecule has 90 valence electrons. The van der Waals surface area contributed by atoms with E-state index in [9.17, 15) is 0 Å². The van der Waals surface area contributed by atoms with Crippen molar-refractivity contribution in [1.29, 1.82) is 0 Å². The Kier molecular flexibility index (Phi) is 5.46. The zero-order chi connectivity index (χ0) is 12.0. The van der Waals surface area contributed by atoms with E-state index in [2.05, 4.69) is 6.92 Å². The second-order valence-electron chi connectivity index (χ2n) is 3.97. The number of benzene rings is 1. The molecule has 3 nitrogen and oxygen atoms in total. The third kappa shape index (κ3) is 3.59. The summed E-state index contributed by atoms with van der Waals surface area (Å²) in [5.41, 5.74) is 7.81. The molecule has 0 aliphatic carbocycles. The van der Waals surface area contributed by atoms with E-state index < -0.39 is 0 Å². The second-order valence-corrected chi connectivity index (χ2v) is 3.97. The van der Waals surface area contributed by atoms with Crippen molar-refractivity contribution in [2.24, 2.45) is 5.73 Å². The smallest absolute Gasteiger partial charge is 0.0796 e. The van der Waals surface area contributed by atoms with Crippen LogP contribution in [0.5, 0.6) is 0 Å². The van der Waals surface area contributed by atoms with Crippen LogP contribution in [0.1, 0.15) is 43.5 Å². The number of rotatable bonds is 6. The first-order valence-electron chi connectivity index (χ1n) is 5.77. The predicted molar refractivity (Wildman–Crippen MR) is 65.1 cm³/mol. The van der Waals surface area contributed by atoms with Crippen molar-refractivity contribution < 1.29 is 9.84 Å². The van der Waals surface area contributed by atoms with Crippen molar-refractivity contribution in [3.8, 4) is 0 Å². The summed E-state index contributed by atoms with van der Waals surface area (Å²) >= 11 is 0. The van der Waals surface area contributed by atoms with Gasteiger partial charge in [-0.2, -0.15) is 0 Å². The molecule has 3 N–H and O–H groups in total. The summed E-state index contributed by atoms with van der Waals surface area (Å²) in [7, 11) is 0. The van der Waals surface area contributed by atoms with E-state index in [0.29, 0.717) is 0 Å². The van der Waals surface area contributed by atoms with Gasteiger partial charge in [-0.05, 0) is 24.5 Å². The number of aliphatic hydroxyl groups is 1. The lowest BCUT2D eigenvalue weighted by molar-refractivity contribution is 0.0662. The van der Waals surface area contributed by atoms with Crippen LogP contribution in [0.3, 0.4) is 0 Å². The molecular weight excluding hydrogens is 202 g/mol. The van der Waals surface area contributed by atoms with Crippen LogP contribution in [0.4, 0.5) is 0 Å². The molecule has 2 atom stereocenters. The lowest BCUT2D eigenvalue weighted by Gasteiger charge is -2.14. The van der Waals surface area contributed by atoms with Gasteiger partial charge < -0.3 is 15.6 Å². The summed E-state index contributed by atoms with van der Waals surface area (Å²) in [6, 6.07) is 7.61. The van der Waals surface area contributed by atoms with Gasteiger partial charge in [0, 0.05) is 6.61 Å². The molecule has 0 aliphatic heterocycles. The van der Waals surface area contributed by atoms with E-state index in [0.717, 1.165) is 24.2 Å². The van der Waals surface area contributed by atoms with E-state index >= 15 is 0 Å². The molecule has 1 rings (SSSR count). The Balaban J connectivity index is 2.63. The molecule has 0 spiro atoms. The molecule has 0 fully saturated rings. The number of nitrogens with two attached hydrogens (primary N) is 1. The van der Waals surface area contributed by atoms with Gasteiger partial charge in [0.25, 0.3) is 0 Å². The molecule has 0 aliphatic rings. The largest absolute Gasteiger partial charge is 0.394 e. The van der Waals surface area contributed by atoms with E-state index in [1.54, 1.807) is 0 Å². The Morgan fingerprint density at radius 1 is 1.25 bits per heavy atom. The van der Waals surface area contributed by atoms with Crippen molar-refractivity contribution >= 4 is 0 Å². The van der Waals surface area contributed by atoms with Crippen LogP contribution in [0.25, 0.3) is 0 Å². The summed E-state index contributed by atoms with van der Waals surface area (Å²) in [5.74, 6) is 0. The van der Waals surface area contributed by atoms with Crippen LogP contribution >= 0.6 is 0 Å². The van der Waals surface area contributed by atoms with Crippen molar-refractivity contribution in [1.82, 2.24) is 0 Å². The van der Waals surface area contributed by atoms with E-state index in [1.165, 1.54) is 0 Å². The molecule has 0 aromatic heterocycles. The van der Waals surface area contributed by atoms with Crippen LogP contribution in [0.15, 0.2) is 24.3 Å². The molecular formula is C13H21NO2. The average molecular weight is 223 g/mol. The Hall–Kier alpha value is -0.900. The fourth-order valence-electron chi connectivity index (χ4n) is 1.51. The summed E-state index contributed by atoms with van der Waals surface area (Å²) in [6.07, 6.45) is 1.14. The maximum atomic E-state index is 8.93. The predicted octanol–water partition coefficient (Wildman–Crippen LogP) is 2.17. The van der Waals surface area contributed by atoms with Gasteiger partial charge in [-0.3, -0.25) is 0 Å². The van der Waals surface area contributed by atoms with Crippen LogP contribution in [0, 0.1) is 0 Å². The molecule has 0 amide bonds. The van der Waals surface area contributed by atoms with E-state index in [4.69, 9.17) is 15.6 Å². The zero-order valence-electron chi connectivity index (χ0n) is 10.0. The maximum absolute atomic E-state index is 8.93. The quantitative estimate of drug-likeness (QED) is 0.777. The van der Waals surface area contributed by atoms with E-state index in [1.807, 2.05) is 31.2 Å². The SMILES string of the molecule is CCCO[C@@H](C)c1ccc([C@@H](N)CO)cc1. The van der Waals surface area contributed by atoms with Gasteiger partial charge in [0.2, 0.25) is 0 Å². The Morgan fingerprint density at radius 3 is 2.31 bits per heavy atom. The highest BCUT2D eigenvalue weighted by molar-refractivity contribution is 5.26. The van der Waals surface area contributed by atoms with Crippen LogP contribution in [-0.4, -0.2) is 18.3 Å². The van der Waals surface area contributed by atoms with Gasteiger partial charge in [0.05, 0.1) is 18.8 Å². The molecule has 0 saturated heterocycles. The second kappa shape index (κ2) is 6.63. The molecule has 0 saturated carbocycles. The minimum Gasteiger partial charge on any atom is -0.394 e. The molecule has 0 heterocycles. The fraction of sp³-hybridized carbons (Fsp3) is 0.538. The van der Waals surface area contributed by atoms with Gasteiger partial charge >= 0.3 is 0 Å². The van der Waals surface area contributed by atoms with Gasteiger partial charge in [-0.15, -0.1) is 0 Å². The lowest BCUT2D eigenvalue weighted by atomic mass is 10.0. The number of aliphatic hydroxyl groups excluding tert-OH is 1. The van der Waals surface area contributed by atoms with Crippen molar-refractivity contribution in [3.05, 3.63) is 35.4 Å². The molecule has 16 heavy (non-hydrogen) atoms. The van der Waals surface area contributed by atoms with E-state index in [-0.39, 0.29) is 18.8 Å². The Bertz CT molecular complexity index is 297. The molecule has 0 unspecified atom stereocenters. The summed E-state index contributed by atoms with van der Waals surface area (Å²) in [4.78, 5) is 0. The van der Waals surface area contributed by atoms with Gasteiger partial charge in [-0.25, -0.2) is 0 Å². The molecule has 0 radical (unpaired) electrons. The number of ether oxygens (including phenoxy) is 1. The van der Waals surface area contributed by atoms with Gasteiger partial charge in [-0.1, -0.05) is 31.2 Å². The summed E-state index contributed by atoms with van der Waals surface area (Å²) in [6.45, 7) is 4.88. The van der Waals surface area contributed by atoms with Crippen LogP contribution < -0.4 is 5.73 Å². The zero-order valence-corrected chi connectivity index (χ0v) is 10.0. The third-order valence-electron chi connectivity index (χ3n) is 2.60. The Labute approximate surface area is 97.2 Å². The molecule has 1 aromatic rings. The average Bonchev–Trinajstić information content (AvgIpc) is 2.35. The van der Waals surface area contributed by atoms with Crippen molar-refractivity contribution in [2.75, 3.05) is 13.2 Å². The van der Waals surface area contributed by atoms with Crippen molar-refractivity contribution in [2.45, 2.75) is 32.4 Å². The standard InChI is InChI=1S/C13H21NO2/c1-3-8-16-10(2)11-4-6-12(7-5-11)13(14)9-15/h4-7,10,13,15H,3,8-9,14H2,1-2H3/t10-,13-/m0/s1. The lowest BCUT2D eigenvalue weighted by Crippen LogP contribution is -2.14. The maximum Gasteiger partial charge on any atom is 0.0796 e. The van der Waals surface area contributed by atoms with Gasteiger partial charge in [0.1, 0.15) is 0 Å². The molecule has 1 aromatic carbocycles. The minimum absolute atomic E-state index is 0.0266. The van der Waals surface area contributed by atoms with Crippen LogP contribution in [0.2, 0.25) is 0 Å². The molecule has 3 heteroatoms. The summed E-state index contributed by atoms with van der Waals surface area (Å²) < 4.78 is 5.62. The number of hydrogen-bond donors (Lipinski definition) is 2. The topological polar surface area (TPSA) is 55.5 Å². The first-order chi connectivity index (χ1) is 7.69. The minimum atomic E-state index is -0.291. The highest BCUT2D eigenvalue weighted by Gasteiger charge is 2.07. The van der Waals surface area contributed by atoms with Crippen LogP contribution in [-0.2, 0) is 4.74 Å². The highest BCUT2D eigenvalue weighted by atomic mass is 16.5. The Morgan fingerprint density at radius 2 is 1.81 bits per heavy atom. The first-order valence-corrected chi connectivity index (χ1v) is 5.77. The number of hydrogen-bond acceptors (Lipinski definition) is 3. The third-order valence-corrected chi connectivity index (χ3v) is 2.60. The van der Waals surface area contributed by atoms with Crippen molar-refractivity contribution in [3.63, 3.8) is 0 Å². The van der Waals surface area contributed by atoms with Gasteiger partial charge in [0.15, 0.2) is 0 Å². The summed E-state index contributed by atoms with van der Waals surface area (Å²) in [5, 5.41) is 8.93. The molecule has 0 bridgehead atoms. The normalized spacial score (nSPS) is 14.8. The monoisotopic (exact) mass is 223 g/mol. The fourth-order valence-corrected chi connectivity index (χ4v) is 1.51. The highest BCUT2D eigenvalue weighted by Crippen LogP contribution is 2.19.